The molecule has 0 fully saturated rings. The topological polar surface area (TPSA) is 32.9 Å². The summed E-state index contributed by atoms with van der Waals surface area (Å²) in [5.41, 5.74) is -0.437. The van der Waals surface area contributed by atoms with E-state index < -0.39 is 17.2 Å². The average molecular weight is 216 g/mol. The molecule has 0 radical (unpaired) electrons. The fourth-order valence-corrected chi connectivity index (χ4v) is 1.56. The van der Waals surface area contributed by atoms with Gasteiger partial charge in [-0.25, -0.2) is 8.78 Å². The number of hydrogen-bond acceptors (Lipinski definition) is 1. The zero-order valence-electron chi connectivity index (χ0n) is 6.77. The normalized spacial score (nSPS) is 10.8. The summed E-state index contributed by atoms with van der Waals surface area (Å²) in [6.45, 7) is 0. The van der Waals surface area contributed by atoms with E-state index in [1.54, 1.807) is 0 Å². The summed E-state index contributed by atoms with van der Waals surface area (Å²) >= 11 is 5.64. The maximum Gasteiger partial charge on any atom is 0.249 e. The molecular formula is C9H4ClF2NO. The largest absolute Gasteiger partial charge is 0.322 e. The Hall–Kier alpha value is -1.42. The fourth-order valence-electron chi connectivity index (χ4n) is 1.27. The number of aromatic amines is 1. The number of pyridine rings is 1. The van der Waals surface area contributed by atoms with E-state index in [4.69, 9.17) is 11.6 Å². The van der Waals surface area contributed by atoms with Crippen LogP contribution < -0.4 is 5.56 Å². The highest BCUT2D eigenvalue weighted by Crippen LogP contribution is 2.23. The third-order valence-corrected chi connectivity index (χ3v) is 2.11. The second-order valence-corrected chi connectivity index (χ2v) is 3.20. The Labute approximate surface area is 82.1 Å². The number of rotatable bonds is 0. The van der Waals surface area contributed by atoms with Gasteiger partial charge in [0.2, 0.25) is 5.56 Å². The summed E-state index contributed by atoms with van der Waals surface area (Å²) < 4.78 is 25.9. The Balaban J connectivity index is 3.01. The predicted octanol–water partition coefficient (Wildman–Crippen LogP) is 2.46. The van der Waals surface area contributed by atoms with Crippen LogP contribution in [0.15, 0.2) is 23.0 Å². The van der Waals surface area contributed by atoms with Crippen molar-refractivity contribution in [2.24, 2.45) is 0 Å². The van der Waals surface area contributed by atoms with Gasteiger partial charge in [0.1, 0.15) is 11.6 Å². The smallest absolute Gasteiger partial charge is 0.249 e. The van der Waals surface area contributed by atoms with Crippen LogP contribution in [0.5, 0.6) is 0 Å². The number of benzene rings is 1. The molecule has 0 unspecified atom stereocenters. The first-order valence-corrected chi connectivity index (χ1v) is 4.13. The van der Waals surface area contributed by atoms with Crippen molar-refractivity contribution in [1.82, 2.24) is 4.98 Å². The Kier molecular flexibility index (Phi) is 2.00. The van der Waals surface area contributed by atoms with Crippen molar-refractivity contribution < 1.29 is 8.78 Å². The standard InChI is InChI=1S/C9H4ClF2NO/c10-5-3-8(14)13-7-2-4(11)1-6(12)9(5)7/h1-3H,(H,13,14). The minimum absolute atomic E-state index is 0.0210. The van der Waals surface area contributed by atoms with Crippen LogP contribution in [0, 0.1) is 11.6 Å². The molecule has 0 aliphatic heterocycles. The Morgan fingerprint density at radius 1 is 1.21 bits per heavy atom. The fraction of sp³-hybridized carbons (Fsp3) is 0. The van der Waals surface area contributed by atoms with Gasteiger partial charge in [-0.15, -0.1) is 0 Å². The summed E-state index contributed by atoms with van der Waals surface area (Å²) in [4.78, 5) is 13.2. The van der Waals surface area contributed by atoms with Gasteiger partial charge in [-0.05, 0) is 6.07 Å². The molecule has 1 N–H and O–H groups in total. The van der Waals surface area contributed by atoms with Gasteiger partial charge >= 0.3 is 0 Å². The van der Waals surface area contributed by atoms with E-state index in [0.717, 1.165) is 12.1 Å². The Morgan fingerprint density at radius 3 is 2.64 bits per heavy atom. The second-order valence-electron chi connectivity index (χ2n) is 2.79. The molecule has 5 heteroatoms. The third-order valence-electron chi connectivity index (χ3n) is 1.81. The second kappa shape index (κ2) is 3.06. The van der Waals surface area contributed by atoms with Crippen LogP contribution in [0.1, 0.15) is 0 Å². The highest BCUT2D eigenvalue weighted by atomic mass is 35.5. The van der Waals surface area contributed by atoms with Crippen LogP contribution in [0.3, 0.4) is 0 Å². The summed E-state index contributed by atoms with van der Waals surface area (Å²) in [7, 11) is 0. The van der Waals surface area contributed by atoms with Crippen LogP contribution in [-0.2, 0) is 0 Å². The Bertz CT molecular complexity index is 564. The van der Waals surface area contributed by atoms with Crippen LogP contribution in [0.25, 0.3) is 10.9 Å². The highest BCUT2D eigenvalue weighted by molar-refractivity contribution is 6.35. The van der Waals surface area contributed by atoms with Gasteiger partial charge in [0.05, 0.1) is 15.9 Å². The van der Waals surface area contributed by atoms with Crippen LogP contribution in [0.4, 0.5) is 8.78 Å². The molecule has 0 atom stereocenters. The van der Waals surface area contributed by atoms with Crippen molar-refractivity contribution in [3.05, 3.63) is 45.2 Å². The minimum Gasteiger partial charge on any atom is -0.322 e. The molecule has 0 saturated heterocycles. The van der Waals surface area contributed by atoms with Gasteiger partial charge in [0.25, 0.3) is 0 Å². The predicted molar refractivity (Wildman–Crippen MR) is 49.5 cm³/mol. The lowest BCUT2D eigenvalue weighted by molar-refractivity contribution is 0.591. The maximum absolute atomic E-state index is 13.2. The summed E-state index contributed by atoms with van der Waals surface area (Å²) in [6.07, 6.45) is 0. The van der Waals surface area contributed by atoms with E-state index in [2.05, 4.69) is 4.98 Å². The summed E-state index contributed by atoms with van der Waals surface area (Å²) in [6, 6.07) is 2.78. The molecule has 0 aliphatic rings. The van der Waals surface area contributed by atoms with Gasteiger partial charge in [0.15, 0.2) is 0 Å². The van der Waals surface area contributed by atoms with E-state index in [0.29, 0.717) is 6.07 Å². The highest BCUT2D eigenvalue weighted by Gasteiger charge is 2.08. The number of nitrogens with one attached hydrogen (secondary N) is 1. The van der Waals surface area contributed by atoms with Crippen LogP contribution in [-0.4, -0.2) is 4.98 Å². The Morgan fingerprint density at radius 2 is 1.93 bits per heavy atom. The number of aromatic nitrogens is 1. The molecule has 14 heavy (non-hydrogen) atoms. The van der Waals surface area contributed by atoms with Crippen molar-refractivity contribution in [1.29, 1.82) is 0 Å². The lowest BCUT2D eigenvalue weighted by Gasteiger charge is -2.01. The molecule has 0 saturated carbocycles. The monoisotopic (exact) mass is 215 g/mol. The van der Waals surface area contributed by atoms with Crippen molar-refractivity contribution >= 4 is 22.5 Å². The molecule has 2 rings (SSSR count). The zero-order valence-corrected chi connectivity index (χ0v) is 7.53. The molecule has 0 bridgehead atoms. The molecule has 0 amide bonds. The van der Waals surface area contributed by atoms with Gasteiger partial charge in [-0.1, -0.05) is 11.6 Å². The number of H-pyrrole nitrogens is 1. The molecule has 1 aromatic carbocycles. The van der Waals surface area contributed by atoms with Gasteiger partial charge in [-0.3, -0.25) is 4.79 Å². The zero-order chi connectivity index (χ0) is 10.3. The number of hydrogen-bond donors (Lipinski definition) is 1. The van der Waals surface area contributed by atoms with Gasteiger partial charge in [0, 0.05) is 12.1 Å². The lowest BCUT2D eigenvalue weighted by Crippen LogP contribution is -2.04. The quantitative estimate of drug-likeness (QED) is 0.720. The van der Waals surface area contributed by atoms with E-state index in [9.17, 15) is 13.6 Å². The number of fused-ring (bicyclic) bond motifs is 1. The molecule has 1 heterocycles. The molecule has 2 nitrogen and oxygen atoms in total. The molecular weight excluding hydrogens is 212 g/mol. The molecule has 0 spiro atoms. The summed E-state index contributed by atoms with van der Waals surface area (Å²) in [5.74, 6) is -1.55. The minimum atomic E-state index is -0.791. The summed E-state index contributed by atoms with van der Waals surface area (Å²) in [5, 5.41) is -0.00563. The van der Waals surface area contributed by atoms with Crippen molar-refractivity contribution in [2.75, 3.05) is 0 Å². The first-order chi connectivity index (χ1) is 6.58. The molecule has 72 valence electrons. The third kappa shape index (κ3) is 1.37. The molecule has 0 aliphatic carbocycles. The molecule has 1 aromatic heterocycles. The lowest BCUT2D eigenvalue weighted by atomic mass is 10.2. The van der Waals surface area contributed by atoms with Gasteiger partial charge in [-0.2, -0.15) is 0 Å². The van der Waals surface area contributed by atoms with Crippen molar-refractivity contribution in [3.63, 3.8) is 0 Å². The first-order valence-electron chi connectivity index (χ1n) is 3.75. The number of halogens is 3. The van der Waals surface area contributed by atoms with E-state index in [1.807, 2.05) is 0 Å². The van der Waals surface area contributed by atoms with Crippen LogP contribution >= 0.6 is 11.6 Å². The SMILES string of the molecule is O=c1cc(Cl)c2c(F)cc(F)cc2[nH]1. The van der Waals surface area contributed by atoms with E-state index in [-0.39, 0.29) is 15.9 Å². The maximum atomic E-state index is 13.2. The van der Waals surface area contributed by atoms with Crippen molar-refractivity contribution in [2.45, 2.75) is 0 Å². The van der Waals surface area contributed by atoms with Crippen LogP contribution in [0.2, 0.25) is 5.02 Å². The molecule has 2 aromatic rings. The van der Waals surface area contributed by atoms with Gasteiger partial charge < -0.3 is 4.98 Å². The van der Waals surface area contributed by atoms with E-state index in [1.165, 1.54) is 0 Å². The van der Waals surface area contributed by atoms with E-state index >= 15 is 0 Å². The van der Waals surface area contributed by atoms with Crippen molar-refractivity contribution in [3.8, 4) is 0 Å². The first kappa shape index (κ1) is 9.15. The average Bonchev–Trinajstić information content (AvgIpc) is 1.99.